The molecule has 3 nitrogen and oxygen atoms in total. The molecule has 0 fully saturated rings. The van der Waals surface area contributed by atoms with E-state index < -0.39 is 0 Å². The second-order valence-electron chi connectivity index (χ2n) is 6.05. The van der Waals surface area contributed by atoms with Crippen molar-refractivity contribution >= 4 is 11.8 Å². The minimum absolute atomic E-state index is 0.186. The summed E-state index contributed by atoms with van der Waals surface area (Å²) in [7, 11) is 0. The average molecular weight is 289 g/mol. The summed E-state index contributed by atoms with van der Waals surface area (Å²) in [5, 5.41) is 0. The van der Waals surface area contributed by atoms with Gasteiger partial charge < -0.3 is 4.74 Å². The van der Waals surface area contributed by atoms with Crippen LogP contribution in [0.3, 0.4) is 0 Å². The molecule has 0 saturated heterocycles. The molecule has 1 aliphatic heterocycles. The Morgan fingerprint density at radius 3 is 2.86 bits per heavy atom. The minimum Gasteiger partial charge on any atom is -0.449 e. The molecular formula is C18H27NO2. The van der Waals surface area contributed by atoms with Crippen LogP contribution < -0.4 is 4.90 Å². The van der Waals surface area contributed by atoms with E-state index >= 15 is 0 Å². The monoisotopic (exact) mass is 289 g/mol. The number of rotatable bonds is 6. The number of amides is 1. The lowest BCUT2D eigenvalue weighted by molar-refractivity contribution is 0.128. The summed E-state index contributed by atoms with van der Waals surface area (Å²) in [4.78, 5) is 14.2. The molecule has 1 aromatic carbocycles. The first kappa shape index (κ1) is 15.9. The summed E-state index contributed by atoms with van der Waals surface area (Å²) in [6.45, 7) is 6.99. The molecule has 0 radical (unpaired) electrons. The third kappa shape index (κ3) is 3.78. The van der Waals surface area contributed by atoms with Crippen LogP contribution in [0.15, 0.2) is 24.3 Å². The summed E-state index contributed by atoms with van der Waals surface area (Å²) in [5.41, 5.74) is 2.25. The number of unbranched alkanes of at least 4 members (excludes halogenated alkanes) is 1. The SMILES string of the molecule is CCCCC(CC)COC(=O)N1c2ccccc2CC1C. The van der Waals surface area contributed by atoms with E-state index in [9.17, 15) is 4.79 Å². The van der Waals surface area contributed by atoms with Crippen molar-refractivity contribution in [3.8, 4) is 0 Å². The Morgan fingerprint density at radius 2 is 2.14 bits per heavy atom. The van der Waals surface area contributed by atoms with Crippen molar-refractivity contribution in [3.63, 3.8) is 0 Å². The maximum Gasteiger partial charge on any atom is 0.414 e. The quantitative estimate of drug-likeness (QED) is 0.753. The van der Waals surface area contributed by atoms with Crippen LogP contribution in [0.2, 0.25) is 0 Å². The van der Waals surface area contributed by atoms with E-state index in [0.717, 1.165) is 24.9 Å². The van der Waals surface area contributed by atoms with Crippen molar-refractivity contribution in [2.24, 2.45) is 5.92 Å². The van der Waals surface area contributed by atoms with Crippen molar-refractivity contribution in [2.75, 3.05) is 11.5 Å². The van der Waals surface area contributed by atoms with Gasteiger partial charge in [0.1, 0.15) is 0 Å². The molecule has 0 spiro atoms. The topological polar surface area (TPSA) is 29.5 Å². The first-order valence-electron chi connectivity index (χ1n) is 8.21. The Balaban J connectivity index is 1.94. The first-order chi connectivity index (χ1) is 10.2. The van der Waals surface area contributed by atoms with Crippen molar-refractivity contribution in [2.45, 2.75) is 58.9 Å². The molecule has 0 saturated carbocycles. The van der Waals surface area contributed by atoms with Crippen LogP contribution in [-0.2, 0) is 11.2 Å². The number of ether oxygens (including phenoxy) is 1. The number of hydrogen-bond acceptors (Lipinski definition) is 2. The summed E-state index contributed by atoms with van der Waals surface area (Å²) in [6, 6.07) is 8.29. The van der Waals surface area contributed by atoms with Crippen LogP contribution in [0, 0.1) is 5.92 Å². The van der Waals surface area contributed by atoms with Crippen LogP contribution in [0.5, 0.6) is 0 Å². The molecule has 0 aromatic heterocycles. The van der Waals surface area contributed by atoms with Gasteiger partial charge in [-0.25, -0.2) is 4.79 Å². The van der Waals surface area contributed by atoms with E-state index in [4.69, 9.17) is 4.74 Å². The standard InChI is InChI=1S/C18H27NO2/c1-4-6-9-15(5-2)13-21-18(20)19-14(3)12-16-10-7-8-11-17(16)19/h7-8,10-11,14-15H,4-6,9,12-13H2,1-3H3. The van der Waals surface area contributed by atoms with Gasteiger partial charge in [-0.2, -0.15) is 0 Å². The molecule has 2 rings (SSSR count). The smallest absolute Gasteiger partial charge is 0.414 e. The first-order valence-corrected chi connectivity index (χ1v) is 8.21. The zero-order chi connectivity index (χ0) is 15.2. The third-order valence-electron chi connectivity index (χ3n) is 4.39. The highest BCUT2D eigenvalue weighted by molar-refractivity contribution is 5.91. The lowest BCUT2D eigenvalue weighted by Crippen LogP contribution is -2.37. The van der Waals surface area contributed by atoms with E-state index in [1.807, 2.05) is 23.1 Å². The van der Waals surface area contributed by atoms with Gasteiger partial charge in [0, 0.05) is 6.04 Å². The lowest BCUT2D eigenvalue weighted by atomic mass is 10.0. The number of fused-ring (bicyclic) bond motifs is 1. The van der Waals surface area contributed by atoms with Crippen LogP contribution in [-0.4, -0.2) is 18.7 Å². The highest BCUT2D eigenvalue weighted by Crippen LogP contribution is 2.32. The number of hydrogen-bond donors (Lipinski definition) is 0. The fraction of sp³-hybridized carbons (Fsp3) is 0.611. The summed E-state index contributed by atoms with van der Waals surface area (Å²) < 4.78 is 5.59. The van der Waals surface area contributed by atoms with E-state index in [0.29, 0.717) is 12.5 Å². The minimum atomic E-state index is -0.192. The maximum atomic E-state index is 12.4. The molecule has 1 aliphatic rings. The Hall–Kier alpha value is -1.51. The van der Waals surface area contributed by atoms with Gasteiger partial charge >= 0.3 is 6.09 Å². The summed E-state index contributed by atoms with van der Waals surface area (Å²) in [5.74, 6) is 0.488. The lowest BCUT2D eigenvalue weighted by Gasteiger charge is -2.23. The number of nitrogens with zero attached hydrogens (tertiary/aromatic N) is 1. The van der Waals surface area contributed by atoms with Gasteiger partial charge in [0.25, 0.3) is 0 Å². The molecule has 0 N–H and O–H groups in total. The molecule has 0 aliphatic carbocycles. The van der Waals surface area contributed by atoms with Crippen LogP contribution in [0.1, 0.15) is 52.0 Å². The van der Waals surface area contributed by atoms with Gasteiger partial charge in [0.2, 0.25) is 0 Å². The molecule has 1 aromatic rings. The van der Waals surface area contributed by atoms with Crippen molar-refractivity contribution in [1.82, 2.24) is 0 Å². The molecule has 116 valence electrons. The van der Waals surface area contributed by atoms with E-state index in [1.54, 1.807) is 0 Å². The molecule has 2 unspecified atom stereocenters. The highest BCUT2D eigenvalue weighted by atomic mass is 16.6. The van der Waals surface area contributed by atoms with Crippen LogP contribution in [0.25, 0.3) is 0 Å². The Bertz CT molecular complexity index is 472. The van der Waals surface area contributed by atoms with Gasteiger partial charge in [-0.1, -0.05) is 51.3 Å². The van der Waals surface area contributed by atoms with Gasteiger partial charge in [-0.15, -0.1) is 0 Å². The van der Waals surface area contributed by atoms with Gasteiger partial charge in [0.15, 0.2) is 0 Å². The number of anilines is 1. The molecule has 21 heavy (non-hydrogen) atoms. The second-order valence-corrected chi connectivity index (χ2v) is 6.05. The molecule has 1 heterocycles. The van der Waals surface area contributed by atoms with Crippen LogP contribution >= 0.6 is 0 Å². The summed E-state index contributed by atoms with van der Waals surface area (Å²) >= 11 is 0. The van der Waals surface area contributed by atoms with Gasteiger partial charge in [-0.3, -0.25) is 4.90 Å². The largest absolute Gasteiger partial charge is 0.449 e. The summed E-state index contributed by atoms with van der Waals surface area (Å²) in [6.07, 6.45) is 5.34. The molecule has 3 heteroatoms. The second kappa shape index (κ2) is 7.48. The zero-order valence-corrected chi connectivity index (χ0v) is 13.5. The third-order valence-corrected chi connectivity index (χ3v) is 4.39. The molecule has 2 atom stereocenters. The Labute approximate surface area is 128 Å². The Morgan fingerprint density at radius 1 is 1.38 bits per heavy atom. The maximum absolute atomic E-state index is 12.4. The number of benzene rings is 1. The number of carbonyl (C=O) groups excluding carboxylic acids is 1. The van der Waals surface area contributed by atoms with Crippen molar-refractivity contribution in [3.05, 3.63) is 29.8 Å². The van der Waals surface area contributed by atoms with Gasteiger partial charge in [-0.05, 0) is 37.3 Å². The van der Waals surface area contributed by atoms with Crippen molar-refractivity contribution in [1.29, 1.82) is 0 Å². The number of carbonyl (C=O) groups is 1. The fourth-order valence-electron chi connectivity index (χ4n) is 3.00. The van der Waals surface area contributed by atoms with Crippen LogP contribution in [0.4, 0.5) is 10.5 Å². The van der Waals surface area contributed by atoms with E-state index in [1.165, 1.54) is 18.4 Å². The molecular weight excluding hydrogens is 262 g/mol. The highest BCUT2D eigenvalue weighted by Gasteiger charge is 2.31. The normalized spacial score (nSPS) is 18.4. The predicted octanol–water partition coefficient (Wildman–Crippen LogP) is 4.79. The molecule has 1 amide bonds. The van der Waals surface area contributed by atoms with Gasteiger partial charge in [0.05, 0.1) is 12.3 Å². The van der Waals surface area contributed by atoms with E-state index in [2.05, 4.69) is 26.8 Å². The number of para-hydroxylation sites is 1. The van der Waals surface area contributed by atoms with Crippen molar-refractivity contribution < 1.29 is 9.53 Å². The molecule has 0 bridgehead atoms. The Kier molecular flexibility index (Phi) is 5.66. The predicted molar refractivity (Wildman–Crippen MR) is 86.7 cm³/mol. The zero-order valence-electron chi connectivity index (χ0n) is 13.5. The van der Waals surface area contributed by atoms with E-state index in [-0.39, 0.29) is 12.1 Å². The fourth-order valence-corrected chi connectivity index (χ4v) is 3.00. The average Bonchev–Trinajstić information content (AvgIpc) is 2.83.